The minimum Gasteiger partial charge on any atom is -0.494 e. The molecule has 2 aromatic carbocycles. The Balaban J connectivity index is 1.94. The summed E-state index contributed by atoms with van der Waals surface area (Å²) < 4.78 is 16.0. The molecule has 0 bridgehead atoms. The molecule has 38 heavy (non-hydrogen) atoms. The first kappa shape index (κ1) is 26.6. The van der Waals surface area contributed by atoms with E-state index in [4.69, 9.17) is 19.9 Å². The fraction of sp³-hybridized carbons (Fsp3) is 0.345. The van der Waals surface area contributed by atoms with Crippen molar-refractivity contribution in [1.82, 2.24) is 0 Å². The fourth-order valence-electron chi connectivity index (χ4n) is 5.08. The molecular weight excluding hydrogens is 484 g/mol. The molecule has 2 aromatic rings. The van der Waals surface area contributed by atoms with E-state index in [2.05, 4.69) is 17.9 Å². The minimum atomic E-state index is -0.931. The van der Waals surface area contributed by atoms with Gasteiger partial charge in [-0.15, -0.1) is 0 Å². The van der Waals surface area contributed by atoms with E-state index in [1.165, 1.54) is 26.2 Å². The van der Waals surface area contributed by atoms with Crippen LogP contribution in [0.4, 0.5) is 11.4 Å². The van der Waals surface area contributed by atoms with Crippen LogP contribution < -0.4 is 20.3 Å². The summed E-state index contributed by atoms with van der Waals surface area (Å²) in [4.78, 5) is 30.2. The minimum absolute atomic E-state index is 0.00717. The highest BCUT2D eigenvalue weighted by Crippen LogP contribution is 2.46. The van der Waals surface area contributed by atoms with Gasteiger partial charge in [0.05, 0.1) is 50.2 Å². The molecule has 1 atom stereocenters. The summed E-state index contributed by atoms with van der Waals surface area (Å²) in [6, 6.07) is 16.6. The number of allylic oxidation sites excluding steroid dienone is 1. The molecule has 1 fully saturated rings. The molecular formula is C29H32N4O5. The van der Waals surface area contributed by atoms with E-state index in [0.29, 0.717) is 22.9 Å². The van der Waals surface area contributed by atoms with Crippen molar-refractivity contribution >= 4 is 23.3 Å². The molecule has 0 spiro atoms. The number of rotatable bonds is 6. The highest BCUT2D eigenvalue weighted by molar-refractivity contribution is 6.06. The molecule has 0 radical (unpaired) electrons. The third-order valence-electron chi connectivity index (χ3n) is 7.16. The Morgan fingerprint density at radius 1 is 1.00 bits per heavy atom. The summed E-state index contributed by atoms with van der Waals surface area (Å²) in [6.45, 7) is 4.10. The van der Waals surface area contributed by atoms with Crippen LogP contribution in [0.25, 0.3) is 0 Å². The lowest BCUT2D eigenvalue weighted by atomic mass is 9.81. The SMILES string of the molecule is COC(=O)C1=C(C(=O)OC)N(c2ccc(N3CCC(C)CC3)cc2OC)C(N)=C(C#N)C1c1ccccc1. The van der Waals surface area contributed by atoms with Crippen LogP contribution >= 0.6 is 0 Å². The summed E-state index contributed by atoms with van der Waals surface area (Å²) in [5, 5.41) is 10.2. The summed E-state index contributed by atoms with van der Waals surface area (Å²) in [5.41, 5.74) is 8.50. The molecule has 9 heteroatoms. The Bertz CT molecular complexity index is 1320. The van der Waals surface area contributed by atoms with Crippen molar-refractivity contribution in [2.75, 3.05) is 44.2 Å². The number of benzene rings is 2. The number of nitrogens with two attached hydrogens (primary N) is 1. The highest BCUT2D eigenvalue weighted by Gasteiger charge is 2.43. The number of hydrogen-bond acceptors (Lipinski definition) is 9. The molecule has 1 unspecified atom stereocenters. The molecule has 4 rings (SSSR count). The lowest BCUT2D eigenvalue weighted by Crippen LogP contribution is -2.41. The number of esters is 2. The smallest absolute Gasteiger partial charge is 0.355 e. The molecule has 0 amide bonds. The number of carbonyl (C=O) groups excluding carboxylic acids is 2. The Kier molecular flexibility index (Phi) is 7.91. The number of anilines is 2. The third-order valence-corrected chi connectivity index (χ3v) is 7.16. The van der Waals surface area contributed by atoms with Gasteiger partial charge in [0.1, 0.15) is 17.3 Å². The zero-order chi connectivity index (χ0) is 27.4. The molecule has 198 valence electrons. The second kappa shape index (κ2) is 11.3. The number of carbonyl (C=O) groups is 2. The molecule has 2 aliphatic rings. The highest BCUT2D eigenvalue weighted by atomic mass is 16.5. The molecule has 0 aliphatic carbocycles. The second-order valence-electron chi connectivity index (χ2n) is 9.36. The van der Waals surface area contributed by atoms with E-state index < -0.39 is 17.9 Å². The lowest BCUT2D eigenvalue weighted by molar-refractivity contribution is -0.139. The van der Waals surface area contributed by atoms with E-state index in [1.807, 2.05) is 18.2 Å². The summed E-state index contributed by atoms with van der Waals surface area (Å²) >= 11 is 0. The normalized spacial score (nSPS) is 18.2. The van der Waals surface area contributed by atoms with Gasteiger partial charge < -0.3 is 24.8 Å². The van der Waals surface area contributed by atoms with Crippen molar-refractivity contribution in [1.29, 1.82) is 5.26 Å². The quantitative estimate of drug-likeness (QED) is 0.572. The maximum absolute atomic E-state index is 13.3. The van der Waals surface area contributed by atoms with Gasteiger partial charge in [-0.25, -0.2) is 9.59 Å². The average molecular weight is 517 g/mol. The number of piperidine rings is 1. The van der Waals surface area contributed by atoms with Crippen molar-refractivity contribution < 1.29 is 23.8 Å². The van der Waals surface area contributed by atoms with Crippen LogP contribution in [0.15, 0.2) is 71.2 Å². The van der Waals surface area contributed by atoms with Crippen molar-refractivity contribution in [2.24, 2.45) is 11.7 Å². The van der Waals surface area contributed by atoms with Crippen LogP contribution in [0.2, 0.25) is 0 Å². The van der Waals surface area contributed by atoms with Crippen LogP contribution in [0.3, 0.4) is 0 Å². The molecule has 9 nitrogen and oxygen atoms in total. The Morgan fingerprint density at radius 2 is 1.66 bits per heavy atom. The predicted octanol–water partition coefficient (Wildman–Crippen LogP) is 3.83. The van der Waals surface area contributed by atoms with Crippen molar-refractivity contribution in [2.45, 2.75) is 25.7 Å². The number of nitrogens with zero attached hydrogens (tertiary/aromatic N) is 3. The standard InChI is InChI=1S/C29H32N4O5/c1-18-12-14-32(15-13-18)20-10-11-22(23(16-20)36-2)33-26(29(35)38-4)25(28(34)37-3)24(21(17-30)27(33)31)19-8-6-5-7-9-19/h5-11,16,18,24H,12-15,31H2,1-4H3. The number of nitriles is 1. The first-order valence-corrected chi connectivity index (χ1v) is 12.4. The zero-order valence-electron chi connectivity index (χ0n) is 22.1. The molecule has 0 aromatic heterocycles. The molecule has 2 N–H and O–H groups in total. The first-order valence-electron chi connectivity index (χ1n) is 12.4. The second-order valence-corrected chi connectivity index (χ2v) is 9.36. The van der Waals surface area contributed by atoms with Crippen LogP contribution in [0.5, 0.6) is 5.75 Å². The zero-order valence-corrected chi connectivity index (χ0v) is 22.1. The molecule has 2 aliphatic heterocycles. The van der Waals surface area contributed by atoms with E-state index in [1.54, 1.807) is 30.3 Å². The van der Waals surface area contributed by atoms with Gasteiger partial charge in [0.25, 0.3) is 0 Å². The van der Waals surface area contributed by atoms with Crippen molar-refractivity contribution in [3.63, 3.8) is 0 Å². The van der Waals surface area contributed by atoms with Gasteiger partial charge in [0.15, 0.2) is 0 Å². The van der Waals surface area contributed by atoms with Gasteiger partial charge in [-0.05, 0) is 36.5 Å². The van der Waals surface area contributed by atoms with Crippen molar-refractivity contribution in [3.8, 4) is 11.8 Å². The Hall–Kier alpha value is -4.45. The van der Waals surface area contributed by atoms with E-state index in [9.17, 15) is 14.9 Å². The van der Waals surface area contributed by atoms with Crippen LogP contribution in [0, 0.1) is 17.2 Å². The number of hydrogen-bond donors (Lipinski definition) is 1. The molecule has 2 heterocycles. The van der Waals surface area contributed by atoms with Gasteiger partial charge in [-0.1, -0.05) is 37.3 Å². The number of methoxy groups -OCH3 is 3. The van der Waals surface area contributed by atoms with Gasteiger partial charge in [-0.2, -0.15) is 5.26 Å². The van der Waals surface area contributed by atoms with E-state index in [-0.39, 0.29) is 22.7 Å². The van der Waals surface area contributed by atoms with Crippen LogP contribution in [-0.4, -0.2) is 46.4 Å². The fourth-order valence-corrected chi connectivity index (χ4v) is 5.08. The van der Waals surface area contributed by atoms with Crippen molar-refractivity contribution in [3.05, 3.63) is 76.8 Å². The Morgan fingerprint density at radius 3 is 2.24 bits per heavy atom. The monoisotopic (exact) mass is 516 g/mol. The third kappa shape index (κ3) is 4.77. The Labute approximate surface area is 222 Å². The van der Waals surface area contributed by atoms with Gasteiger partial charge in [0.2, 0.25) is 0 Å². The average Bonchev–Trinajstić information content (AvgIpc) is 2.96. The van der Waals surface area contributed by atoms with E-state index in [0.717, 1.165) is 31.6 Å². The van der Waals surface area contributed by atoms with Gasteiger partial charge >= 0.3 is 11.9 Å². The topological polar surface area (TPSA) is 118 Å². The number of ether oxygens (including phenoxy) is 3. The summed E-state index contributed by atoms with van der Waals surface area (Å²) in [7, 11) is 3.96. The first-order chi connectivity index (χ1) is 18.4. The van der Waals surface area contributed by atoms with Gasteiger partial charge in [-0.3, -0.25) is 4.90 Å². The van der Waals surface area contributed by atoms with E-state index >= 15 is 0 Å². The van der Waals surface area contributed by atoms with Gasteiger partial charge in [0, 0.05) is 24.8 Å². The van der Waals surface area contributed by atoms with Crippen LogP contribution in [0.1, 0.15) is 31.2 Å². The largest absolute Gasteiger partial charge is 0.494 e. The van der Waals surface area contributed by atoms with Crippen LogP contribution in [-0.2, 0) is 19.1 Å². The summed E-state index contributed by atoms with van der Waals surface area (Å²) in [6.07, 6.45) is 2.19. The molecule has 0 saturated carbocycles. The summed E-state index contributed by atoms with van der Waals surface area (Å²) in [5.74, 6) is -1.42. The maximum Gasteiger partial charge on any atom is 0.355 e. The lowest BCUT2D eigenvalue weighted by Gasteiger charge is -2.37. The maximum atomic E-state index is 13.3. The molecule has 1 saturated heterocycles. The predicted molar refractivity (Wildman–Crippen MR) is 143 cm³/mol.